The number of benzene rings is 1. The van der Waals surface area contributed by atoms with E-state index in [1.54, 1.807) is 19.0 Å². The van der Waals surface area contributed by atoms with Crippen molar-refractivity contribution in [1.29, 1.82) is 0 Å². The molecule has 1 rings (SSSR count). The minimum absolute atomic E-state index is 0.0400. The predicted octanol–water partition coefficient (Wildman–Crippen LogP) is 3.14. The molecule has 1 unspecified atom stereocenters. The fourth-order valence-corrected chi connectivity index (χ4v) is 1.99. The minimum Gasteiger partial charge on any atom is -0.383 e. The first kappa shape index (κ1) is 16.9. The Hall–Kier alpha value is -2.11. The van der Waals surface area contributed by atoms with Crippen molar-refractivity contribution in [3.05, 3.63) is 33.9 Å². The molecule has 0 spiro atoms. The molecule has 1 atom stereocenters. The smallest absolute Gasteiger partial charge is 0.292 e. The lowest BCUT2D eigenvalue weighted by Gasteiger charge is -2.35. The minimum atomic E-state index is -0.471. The van der Waals surface area contributed by atoms with Crippen LogP contribution in [0.25, 0.3) is 0 Å². The summed E-state index contributed by atoms with van der Waals surface area (Å²) in [6.45, 7) is 8.19. The molecule has 0 aliphatic carbocycles. The van der Waals surface area contributed by atoms with Gasteiger partial charge in [-0.2, -0.15) is 0 Å². The second-order valence-corrected chi connectivity index (χ2v) is 6.20. The highest BCUT2D eigenvalue weighted by Gasteiger charge is 2.28. The summed E-state index contributed by atoms with van der Waals surface area (Å²) in [5.74, 6) is -0.149. The Kier molecular flexibility index (Phi) is 4.93. The zero-order chi connectivity index (χ0) is 16.4. The molecule has 0 aromatic heterocycles. The van der Waals surface area contributed by atoms with Gasteiger partial charge in [0.05, 0.1) is 4.92 Å². The lowest BCUT2D eigenvalue weighted by molar-refractivity contribution is -0.383. The molecule has 6 heteroatoms. The summed E-state index contributed by atoms with van der Waals surface area (Å²) in [7, 11) is 3.34. The maximum atomic E-state index is 12.5. The van der Waals surface area contributed by atoms with Crippen LogP contribution in [0.5, 0.6) is 0 Å². The van der Waals surface area contributed by atoms with Crippen LogP contribution in [0.1, 0.15) is 38.1 Å². The summed E-state index contributed by atoms with van der Waals surface area (Å²) in [6, 6.07) is 4.41. The van der Waals surface area contributed by atoms with Crippen LogP contribution in [0.4, 0.5) is 11.4 Å². The molecule has 0 aliphatic rings. The fourth-order valence-electron chi connectivity index (χ4n) is 1.99. The van der Waals surface area contributed by atoms with Crippen molar-refractivity contribution < 1.29 is 9.72 Å². The predicted molar refractivity (Wildman–Crippen MR) is 83.7 cm³/mol. The van der Waals surface area contributed by atoms with Crippen LogP contribution in [0.15, 0.2) is 18.2 Å². The van der Waals surface area contributed by atoms with Crippen LogP contribution in [-0.4, -0.2) is 35.9 Å². The highest BCUT2D eigenvalue weighted by atomic mass is 16.6. The first-order chi connectivity index (χ1) is 9.59. The number of carbonyl (C=O) groups is 1. The third kappa shape index (κ3) is 3.71. The van der Waals surface area contributed by atoms with Crippen molar-refractivity contribution in [2.24, 2.45) is 5.41 Å². The largest absolute Gasteiger partial charge is 0.383 e. The van der Waals surface area contributed by atoms with Crippen LogP contribution in [-0.2, 0) is 0 Å². The standard InChI is InChI=1S/C15H23N3O3/c1-10(15(2,3)4)17(6)14(19)11-7-8-13(18(20)21)12(9-11)16-5/h7-10,16H,1-6H3. The summed E-state index contributed by atoms with van der Waals surface area (Å²) < 4.78 is 0. The molecule has 0 radical (unpaired) electrons. The summed E-state index contributed by atoms with van der Waals surface area (Å²) >= 11 is 0. The quantitative estimate of drug-likeness (QED) is 0.683. The Morgan fingerprint density at radius 2 is 1.95 bits per heavy atom. The third-order valence-electron chi connectivity index (χ3n) is 3.86. The maximum absolute atomic E-state index is 12.5. The summed E-state index contributed by atoms with van der Waals surface area (Å²) in [4.78, 5) is 24.6. The number of rotatable bonds is 4. The second kappa shape index (κ2) is 6.11. The number of anilines is 1. The van der Waals surface area contributed by atoms with Crippen LogP contribution < -0.4 is 5.32 Å². The van der Waals surface area contributed by atoms with Gasteiger partial charge >= 0.3 is 0 Å². The topological polar surface area (TPSA) is 75.5 Å². The van der Waals surface area contributed by atoms with Crippen molar-refractivity contribution in [1.82, 2.24) is 4.90 Å². The molecule has 116 valence electrons. The lowest BCUT2D eigenvalue weighted by Crippen LogP contribution is -2.42. The number of hydrogen-bond acceptors (Lipinski definition) is 4. The van der Waals surface area contributed by atoms with Crippen LogP contribution >= 0.6 is 0 Å². The molecular formula is C15H23N3O3. The van der Waals surface area contributed by atoms with Crippen LogP contribution in [0.3, 0.4) is 0 Å². The number of carbonyl (C=O) groups excluding carboxylic acids is 1. The summed E-state index contributed by atoms with van der Waals surface area (Å²) in [5.41, 5.74) is 0.684. The van der Waals surface area contributed by atoms with Gasteiger partial charge in [0.15, 0.2) is 0 Å². The highest BCUT2D eigenvalue weighted by Crippen LogP contribution is 2.28. The van der Waals surface area contributed by atoms with E-state index < -0.39 is 4.92 Å². The van der Waals surface area contributed by atoms with E-state index in [0.29, 0.717) is 11.3 Å². The van der Waals surface area contributed by atoms with Crippen LogP contribution in [0.2, 0.25) is 0 Å². The third-order valence-corrected chi connectivity index (χ3v) is 3.86. The van der Waals surface area contributed by atoms with E-state index in [1.165, 1.54) is 18.2 Å². The molecule has 1 aromatic carbocycles. The van der Waals surface area contributed by atoms with E-state index in [0.717, 1.165) is 0 Å². The van der Waals surface area contributed by atoms with Gasteiger partial charge < -0.3 is 10.2 Å². The molecular weight excluding hydrogens is 270 g/mol. The van der Waals surface area contributed by atoms with E-state index >= 15 is 0 Å². The Morgan fingerprint density at radius 1 is 1.38 bits per heavy atom. The molecule has 0 bridgehead atoms. The SMILES string of the molecule is CNc1cc(C(=O)N(C)C(C)C(C)(C)C)ccc1[N+](=O)[O-]. The van der Waals surface area contributed by atoms with Gasteiger partial charge in [-0.15, -0.1) is 0 Å². The van der Waals surface area contributed by atoms with Gasteiger partial charge in [0, 0.05) is 31.8 Å². The van der Waals surface area contributed by atoms with Gasteiger partial charge in [-0.05, 0) is 24.5 Å². The van der Waals surface area contributed by atoms with Crippen molar-refractivity contribution in [2.45, 2.75) is 33.7 Å². The molecule has 0 heterocycles. The number of amides is 1. The average molecular weight is 293 g/mol. The Morgan fingerprint density at radius 3 is 2.38 bits per heavy atom. The Balaban J connectivity index is 3.11. The van der Waals surface area contributed by atoms with E-state index in [2.05, 4.69) is 26.1 Å². The summed E-state index contributed by atoms with van der Waals surface area (Å²) in [5, 5.41) is 13.7. The Labute approximate surface area is 125 Å². The van der Waals surface area contributed by atoms with Gasteiger partial charge in [-0.25, -0.2) is 0 Å². The van der Waals surface area contributed by atoms with E-state index in [1.807, 2.05) is 6.92 Å². The molecule has 0 aliphatic heterocycles. The van der Waals surface area contributed by atoms with E-state index in [-0.39, 0.29) is 23.1 Å². The number of nitro groups is 1. The number of nitrogens with one attached hydrogen (secondary N) is 1. The van der Waals surface area contributed by atoms with Gasteiger partial charge in [-0.1, -0.05) is 20.8 Å². The average Bonchev–Trinajstić information content (AvgIpc) is 2.42. The van der Waals surface area contributed by atoms with E-state index in [4.69, 9.17) is 0 Å². The van der Waals surface area contributed by atoms with Crippen LogP contribution in [0, 0.1) is 15.5 Å². The van der Waals surface area contributed by atoms with Gasteiger partial charge in [0.25, 0.3) is 11.6 Å². The highest BCUT2D eigenvalue weighted by molar-refractivity contribution is 5.96. The molecule has 0 fully saturated rings. The molecule has 21 heavy (non-hydrogen) atoms. The second-order valence-electron chi connectivity index (χ2n) is 6.20. The monoisotopic (exact) mass is 293 g/mol. The van der Waals surface area contributed by atoms with Crippen molar-refractivity contribution in [3.8, 4) is 0 Å². The van der Waals surface area contributed by atoms with Gasteiger partial charge in [0.1, 0.15) is 5.69 Å². The zero-order valence-corrected chi connectivity index (χ0v) is 13.4. The first-order valence-electron chi connectivity index (χ1n) is 6.83. The van der Waals surface area contributed by atoms with E-state index in [9.17, 15) is 14.9 Å². The molecule has 0 saturated heterocycles. The maximum Gasteiger partial charge on any atom is 0.292 e. The van der Waals surface area contributed by atoms with Crippen molar-refractivity contribution in [3.63, 3.8) is 0 Å². The molecule has 1 amide bonds. The molecule has 0 saturated carbocycles. The number of hydrogen-bond donors (Lipinski definition) is 1. The zero-order valence-electron chi connectivity index (χ0n) is 13.4. The fraction of sp³-hybridized carbons (Fsp3) is 0.533. The van der Waals surface area contributed by atoms with Gasteiger partial charge in [0.2, 0.25) is 0 Å². The first-order valence-corrected chi connectivity index (χ1v) is 6.83. The Bertz CT molecular complexity index is 550. The van der Waals surface area contributed by atoms with Crippen molar-refractivity contribution >= 4 is 17.3 Å². The van der Waals surface area contributed by atoms with Crippen molar-refractivity contribution in [2.75, 3.05) is 19.4 Å². The molecule has 1 aromatic rings. The van der Waals surface area contributed by atoms with Gasteiger partial charge in [-0.3, -0.25) is 14.9 Å². The lowest BCUT2D eigenvalue weighted by atomic mass is 9.87. The number of nitro benzene ring substituents is 1. The normalized spacial score (nSPS) is 12.7. The summed E-state index contributed by atoms with van der Waals surface area (Å²) in [6.07, 6.45) is 0. The molecule has 1 N–H and O–H groups in total. The number of nitrogens with zero attached hydrogens (tertiary/aromatic N) is 2. The molecule has 6 nitrogen and oxygen atoms in total.